The minimum Gasteiger partial charge on any atom is -0.459 e. The maximum Gasteiger partial charge on any atom is 0.135 e. The van der Waals surface area contributed by atoms with Crippen molar-refractivity contribution >= 4 is 33.6 Å². The van der Waals surface area contributed by atoms with Crippen LogP contribution >= 0.6 is 22.6 Å². The largest absolute Gasteiger partial charge is 0.459 e. The van der Waals surface area contributed by atoms with E-state index in [2.05, 4.69) is 27.9 Å². The third-order valence-electron chi connectivity index (χ3n) is 3.48. The molecule has 0 aliphatic carbocycles. The minimum absolute atomic E-state index is 0.427. The molecular weight excluding hydrogens is 351 g/mol. The molecule has 0 bridgehead atoms. The van der Waals surface area contributed by atoms with Crippen molar-refractivity contribution in [2.45, 2.75) is 12.0 Å². The van der Waals surface area contributed by atoms with Gasteiger partial charge in [-0.2, -0.15) is 0 Å². The fourth-order valence-electron chi connectivity index (χ4n) is 2.52. The smallest absolute Gasteiger partial charge is 0.135 e. The Labute approximate surface area is 117 Å². The quantitative estimate of drug-likeness (QED) is 0.829. The zero-order chi connectivity index (χ0) is 12.8. The molecule has 2 nitrogen and oxygen atoms in total. The van der Waals surface area contributed by atoms with Crippen molar-refractivity contribution in [3.05, 3.63) is 33.1 Å². The van der Waals surface area contributed by atoms with Gasteiger partial charge in [-0.1, -0.05) is 0 Å². The lowest BCUT2D eigenvalue weighted by Gasteiger charge is -2.32. The molecule has 0 saturated heterocycles. The van der Waals surface area contributed by atoms with Gasteiger partial charge in [0.05, 0.1) is 0 Å². The predicted molar refractivity (Wildman–Crippen MR) is 74.3 cm³/mol. The van der Waals surface area contributed by atoms with Gasteiger partial charge in [0.1, 0.15) is 30.2 Å². The number of hydrogen-bond acceptors (Lipinski definition) is 2. The van der Waals surface area contributed by atoms with Crippen LogP contribution in [0.5, 0.6) is 0 Å². The topological polar surface area (TPSA) is 25.2 Å². The van der Waals surface area contributed by atoms with Crippen LogP contribution in [-0.2, 0) is 12.0 Å². The molecule has 18 heavy (non-hydrogen) atoms. The van der Waals surface area contributed by atoms with E-state index in [1.807, 2.05) is 18.2 Å². The SMILES string of the molecule is FCC1(CF)NCCc2c1oc1cc(I)ccc21. The Morgan fingerprint density at radius 3 is 2.83 bits per heavy atom. The van der Waals surface area contributed by atoms with Crippen molar-refractivity contribution in [3.8, 4) is 0 Å². The lowest BCUT2D eigenvalue weighted by molar-refractivity contribution is 0.156. The van der Waals surface area contributed by atoms with Crippen LogP contribution in [0, 0.1) is 3.57 Å². The summed E-state index contributed by atoms with van der Waals surface area (Å²) in [4.78, 5) is 0. The molecule has 0 saturated carbocycles. The van der Waals surface area contributed by atoms with Gasteiger partial charge >= 0.3 is 0 Å². The van der Waals surface area contributed by atoms with Crippen LogP contribution in [0.15, 0.2) is 22.6 Å². The summed E-state index contributed by atoms with van der Waals surface area (Å²) in [5, 5.41) is 3.89. The molecule has 0 unspecified atom stereocenters. The molecule has 1 aliphatic rings. The van der Waals surface area contributed by atoms with Gasteiger partial charge in [0.2, 0.25) is 0 Å². The molecule has 0 atom stereocenters. The summed E-state index contributed by atoms with van der Waals surface area (Å²) in [6, 6.07) is 5.84. The molecule has 1 aromatic carbocycles. The van der Waals surface area contributed by atoms with E-state index >= 15 is 0 Å². The van der Waals surface area contributed by atoms with Gasteiger partial charge in [0, 0.05) is 21.1 Å². The Morgan fingerprint density at radius 2 is 2.11 bits per heavy atom. The molecule has 0 amide bonds. The zero-order valence-corrected chi connectivity index (χ0v) is 11.8. The van der Waals surface area contributed by atoms with Crippen molar-refractivity contribution in [2.75, 3.05) is 19.9 Å². The molecule has 3 rings (SSSR count). The lowest BCUT2D eigenvalue weighted by Crippen LogP contribution is -2.50. The van der Waals surface area contributed by atoms with E-state index in [1.165, 1.54) is 0 Å². The second-order valence-corrected chi connectivity index (χ2v) is 5.82. The summed E-state index contributed by atoms with van der Waals surface area (Å²) in [5.74, 6) is 0.427. The van der Waals surface area contributed by atoms with E-state index in [0.717, 1.165) is 20.9 Å². The normalized spacial score (nSPS) is 17.9. The van der Waals surface area contributed by atoms with Crippen LogP contribution in [0.25, 0.3) is 11.0 Å². The number of rotatable bonds is 2. The van der Waals surface area contributed by atoms with E-state index in [9.17, 15) is 8.78 Å². The third-order valence-corrected chi connectivity index (χ3v) is 4.16. The average Bonchev–Trinajstić information content (AvgIpc) is 2.76. The van der Waals surface area contributed by atoms with Gasteiger partial charge < -0.3 is 9.73 Å². The second kappa shape index (κ2) is 4.45. The van der Waals surface area contributed by atoms with Crippen LogP contribution in [0.3, 0.4) is 0 Å². The minimum atomic E-state index is -1.29. The molecule has 1 aliphatic heterocycles. The Kier molecular flexibility index (Phi) is 3.05. The summed E-state index contributed by atoms with van der Waals surface area (Å²) in [5.41, 5.74) is 0.357. The Balaban J connectivity index is 2.27. The number of halogens is 3. The Bertz CT molecular complexity index is 592. The molecule has 5 heteroatoms. The van der Waals surface area contributed by atoms with E-state index in [0.29, 0.717) is 17.9 Å². The van der Waals surface area contributed by atoms with Crippen LogP contribution in [0.1, 0.15) is 11.3 Å². The van der Waals surface area contributed by atoms with Gasteiger partial charge in [0.15, 0.2) is 0 Å². The molecular formula is C13H12F2INO. The number of hydrogen-bond donors (Lipinski definition) is 1. The van der Waals surface area contributed by atoms with E-state index in [4.69, 9.17) is 4.42 Å². The number of benzene rings is 1. The van der Waals surface area contributed by atoms with E-state index < -0.39 is 18.9 Å². The lowest BCUT2D eigenvalue weighted by atomic mass is 9.89. The number of alkyl halides is 2. The van der Waals surface area contributed by atoms with Crippen LogP contribution in [-0.4, -0.2) is 19.9 Å². The first-order valence-corrected chi connectivity index (χ1v) is 6.86. The van der Waals surface area contributed by atoms with Crippen molar-refractivity contribution in [3.63, 3.8) is 0 Å². The molecule has 2 aromatic rings. The summed E-state index contributed by atoms with van der Waals surface area (Å²) in [6.45, 7) is -1.03. The fraction of sp³-hybridized carbons (Fsp3) is 0.385. The maximum absolute atomic E-state index is 13.3. The van der Waals surface area contributed by atoms with Crippen molar-refractivity contribution in [1.29, 1.82) is 0 Å². The first-order chi connectivity index (χ1) is 8.70. The molecule has 0 spiro atoms. The third kappa shape index (κ3) is 1.67. The van der Waals surface area contributed by atoms with Gasteiger partial charge in [-0.3, -0.25) is 0 Å². The highest BCUT2D eigenvalue weighted by molar-refractivity contribution is 14.1. The van der Waals surface area contributed by atoms with Gasteiger partial charge in [-0.15, -0.1) is 0 Å². The summed E-state index contributed by atoms with van der Waals surface area (Å²) in [6.07, 6.45) is 0.741. The standard InChI is InChI=1S/C13H12F2INO/c14-6-13(7-15)12-10(3-4-17-13)9-2-1-8(16)5-11(9)18-12/h1-2,5,17H,3-4,6-7H2. The molecule has 1 aromatic heterocycles. The molecule has 1 N–H and O–H groups in total. The van der Waals surface area contributed by atoms with Crippen molar-refractivity contribution in [1.82, 2.24) is 5.32 Å². The number of nitrogens with one attached hydrogen (secondary N) is 1. The molecule has 0 radical (unpaired) electrons. The Hall–Kier alpha value is -0.690. The van der Waals surface area contributed by atoms with Crippen molar-refractivity contribution < 1.29 is 13.2 Å². The van der Waals surface area contributed by atoms with Gasteiger partial charge in [0.25, 0.3) is 0 Å². The van der Waals surface area contributed by atoms with Gasteiger partial charge in [-0.25, -0.2) is 8.78 Å². The van der Waals surface area contributed by atoms with Crippen LogP contribution in [0.4, 0.5) is 8.78 Å². The van der Waals surface area contributed by atoms with E-state index in [1.54, 1.807) is 0 Å². The highest BCUT2D eigenvalue weighted by Crippen LogP contribution is 2.37. The second-order valence-electron chi connectivity index (χ2n) is 4.58. The predicted octanol–water partition coefficient (Wildman–Crippen LogP) is 3.32. The summed E-state index contributed by atoms with van der Waals surface area (Å²) in [7, 11) is 0. The zero-order valence-electron chi connectivity index (χ0n) is 9.60. The monoisotopic (exact) mass is 363 g/mol. The Morgan fingerprint density at radius 1 is 1.33 bits per heavy atom. The highest BCUT2D eigenvalue weighted by atomic mass is 127. The fourth-order valence-corrected chi connectivity index (χ4v) is 2.98. The molecule has 2 heterocycles. The average molecular weight is 363 g/mol. The van der Waals surface area contributed by atoms with Gasteiger partial charge in [-0.05, 0) is 47.2 Å². The summed E-state index contributed by atoms with van der Waals surface area (Å²) < 4.78 is 33.3. The first-order valence-electron chi connectivity index (χ1n) is 5.78. The first kappa shape index (κ1) is 12.3. The van der Waals surface area contributed by atoms with Crippen LogP contribution < -0.4 is 5.32 Å². The van der Waals surface area contributed by atoms with E-state index in [-0.39, 0.29) is 0 Å². The molecule has 96 valence electrons. The number of furan rings is 1. The summed E-state index contributed by atoms with van der Waals surface area (Å²) >= 11 is 2.19. The molecule has 0 fully saturated rings. The maximum atomic E-state index is 13.3. The highest BCUT2D eigenvalue weighted by Gasteiger charge is 2.41. The number of fused-ring (bicyclic) bond motifs is 3. The van der Waals surface area contributed by atoms with Crippen molar-refractivity contribution in [2.24, 2.45) is 0 Å². The van der Waals surface area contributed by atoms with Crippen LogP contribution in [0.2, 0.25) is 0 Å².